The van der Waals surface area contributed by atoms with Crippen molar-refractivity contribution in [2.75, 3.05) is 45.7 Å². The van der Waals surface area contributed by atoms with Gasteiger partial charge in [0.2, 0.25) is 5.91 Å². The molecule has 0 aromatic heterocycles. The molecule has 0 spiro atoms. The Labute approximate surface area is 208 Å². The molecule has 2 amide bonds. The molecule has 1 N–H and O–H groups in total. The minimum absolute atomic E-state index is 0.0257. The Hall–Kier alpha value is -3.06. The summed E-state index contributed by atoms with van der Waals surface area (Å²) in [4.78, 5) is 30.2. The van der Waals surface area contributed by atoms with Crippen LogP contribution in [-0.2, 0) is 11.3 Å². The van der Waals surface area contributed by atoms with Crippen LogP contribution in [0.3, 0.4) is 0 Å². The maximum Gasteiger partial charge on any atom is 0.254 e. The Morgan fingerprint density at radius 1 is 0.943 bits per heavy atom. The van der Waals surface area contributed by atoms with Crippen molar-refractivity contribution in [2.45, 2.75) is 39.2 Å². The second-order valence-electron chi connectivity index (χ2n) is 9.84. The molecule has 35 heavy (non-hydrogen) atoms. The second kappa shape index (κ2) is 11.6. The number of carbonyl (C=O) groups excluding carboxylic acids is 2. The molecule has 0 radical (unpaired) electrons. The van der Waals surface area contributed by atoms with E-state index in [0.717, 1.165) is 31.2 Å². The zero-order chi connectivity index (χ0) is 24.8. The van der Waals surface area contributed by atoms with E-state index in [-0.39, 0.29) is 17.7 Å². The van der Waals surface area contributed by atoms with Crippen LogP contribution in [0.1, 0.15) is 48.5 Å². The highest BCUT2D eigenvalue weighted by molar-refractivity contribution is 5.96. The van der Waals surface area contributed by atoms with E-state index < -0.39 is 0 Å². The lowest BCUT2D eigenvalue weighted by atomic mass is 9.95. The molecule has 2 aliphatic heterocycles. The van der Waals surface area contributed by atoms with Crippen LogP contribution < -0.4 is 14.8 Å². The number of nitrogens with zero attached hydrogens (tertiary/aromatic N) is 2. The zero-order valence-electron chi connectivity index (χ0n) is 21.1. The van der Waals surface area contributed by atoms with E-state index in [2.05, 4.69) is 29.3 Å². The first kappa shape index (κ1) is 25.0. The SMILES string of the molecule is COc1cc(OC)cc(C(=O)N2CCC(C(=O)Nc3ccc(CN4CCCC(C)C4)cc3)CC2)c1. The summed E-state index contributed by atoms with van der Waals surface area (Å²) in [7, 11) is 3.13. The fourth-order valence-corrected chi connectivity index (χ4v) is 5.08. The van der Waals surface area contributed by atoms with E-state index in [1.54, 1.807) is 37.3 Å². The van der Waals surface area contributed by atoms with E-state index in [0.29, 0.717) is 43.0 Å². The first-order valence-electron chi connectivity index (χ1n) is 12.6. The molecule has 1 atom stereocenters. The van der Waals surface area contributed by atoms with Crippen molar-refractivity contribution in [3.05, 3.63) is 53.6 Å². The molecule has 2 aromatic rings. The largest absolute Gasteiger partial charge is 0.497 e. The van der Waals surface area contributed by atoms with Crippen molar-refractivity contribution in [2.24, 2.45) is 11.8 Å². The number of ether oxygens (including phenoxy) is 2. The molecule has 188 valence electrons. The Morgan fingerprint density at radius 3 is 2.20 bits per heavy atom. The molecular weight excluding hydrogens is 442 g/mol. The monoisotopic (exact) mass is 479 g/mol. The van der Waals surface area contributed by atoms with Crippen LogP contribution in [0.5, 0.6) is 11.5 Å². The zero-order valence-corrected chi connectivity index (χ0v) is 21.1. The van der Waals surface area contributed by atoms with Crippen LogP contribution in [0.15, 0.2) is 42.5 Å². The minimum atomic E-state index is -0.103. The lowest BCUT2D eigenvalue weighted by Crippen LogP contribution is -2.41. The van der Waals surface area contributed by atoms with Gasteiger partial charge in [0.25, 0.3) is 5.91 Å². The predicted molar refractivity (Wildman–Crippen MR) is 137 cm³/mol. The van der Waals surface area contributed by atoms with Gasteiger partial charge in [-0.05, 0) is 68.0 Å². The molecule has 2 aliphatic rings. The molecule has 1 unspecified atom stereocenters. The number of hydrogen-bond donors (Lipinski definition) is 1. The number of carbonyl (C=O) groups is 2. The molecule has 2 fully saturated rings. The van der Waals surface area contributed by atoms with Crippen LogP contribution in [0.2, 0.25) is 0 Å². The smallest absolute Gasteiger partial charge is 0.254 e. The highest BCUT2D eigenvalue weighted by Crippen LogP contribution is 2.26. The molecule has 4 rings (SSSR count). The minimum Gasteiger partial charge on any atom is -0.497 e. The Balaban J connectivity index is 1.27. The van der Waals surface area contributed by atoms with Gasteiger partial charge in [0.15, 0.2) is 0 Å². The van der Waals surface area contributed by atoms with E-state index >= 15 is 0 Å². The van der Waals surface area contributed by atoms with Gasteiger partial charge in [0.1, 0.15) is 11.5 Å². The van der Waals surface area contributed by atoms with Gasteiger partial charge in [0, 0.05) is 49.4 Å². The fourth-order valence-electron chi connectivity index (χ4n) is 5.08. The molecule has 7 heteroatoms. The van der Waals surface area contributed by atoms with Crippen LogP contribution in [-0.4, -0.2) is 62.0 Å². The van der Waals surface area contributed by atoms with Crippen LogP contribution >= 0.6 is 0 Å². The highest BCUT2D eigenvalue weighted by Gasteiger charge is 2.28. The summed E-state index contributed by atoms with van der Waals surface area (Å²) in [5, 5.41) is 3.07. The molecular formula is C28H37N3O4. The van der Waals surface area contributed by atoms with Crippen LogP contribution in [0, 0.1) is 11.8 Å². The standard InChI is InChI=1S/C28H37N3O4/c1-20-5-4-12-30(18-20)19-21-6-8-24(9-7-21)29-27(32)22-10-13-31(14-11-22)28(33)23-15-25(34-2)17-26(16-23)35-3/h6-9,15-17,20,22H,4-5,10-14,18-19H2,1-3H3,(H,29,32). The van der Waals surface area contributed by atoms with Crippen molar-refractivity contribution in [3.8, 4) is 11.5 Å². The summed E-state index contributed by atoms with van der Waals surface area (Å²) >= 11 is 0. The maximum absolute atomic E-state index is 13.0. The van der Waals surface area contributed by atoms with Crippen molar-refractivity contribution in [1.82, 2.24) is 9.80 Å². The second-order valence-corrected chi connectivity index (χ2v) is 9.84. The fraction of sp³-hybridized carbons (Fsp3) is 0.500. The van der Waals surface area contributed by atoms with Crippen molar-refractivity contribution in [3.63, 3.8) is 0 Å². The van der Waals surface area contributed by atoms with E-state index in [1.165, 1.54) is 18.4 Å². The molecule has 0 aliphatic carbocycles. The average Bonchev–Trinajstić information content (AvgIpc) is 2.89. The number of methoxy groups -OCH3 is 2. The first-order chi connectivity index (χ1) is 16.9. The summed E-state index contributed by atoms with van der Waals surface area (Å²) in [5.74, 6) is 1.78. The van der Waals surface area contributed by atoms with Gasteiger partial charge in [-0.1, -0.05) is 19.1 Å². The number of amides is 2. The van der Waals surface area contributed by atoms with E-state index in [4.69, 9.17) is 9.47 Å². The molecule has 2 heterocycles. The summed E-state index contributed by atoms with van der Waals surface area (Å²) in [6.45, 7) is 6.69. The summed E-state index contributed by atoms with van der Waals surface area (Å²) in [5.41, 5.74) is 2.63. The first-order valence-corrected chi connectivity index (χ1v) is 12.6. The molecule has 0 saturated carbocycles. The normalized spacial score (nSPS) is 19.3. The number of anilines is 1. The van der Waals surface area contributed by atoms with Crippen molar-refractivity contribution in [1.29, 1.82) is 0 Å². The Bertz CT molecular complexity index is 993. The number of likely N-dealkylation sites (tertiary alicyclic amines) is 2. The quantitative estimate of drug-likeness (QED) is 0.636. The number of rotatable bonds is 7. The third-order valence-electron chi connectivity index (χ3n) is 7.12. The molecule has 2 saturated heterocycles. The third kappa shape index (κ3) is 6.54. The number of piperidine rings is 2. The molecule has 0 bridgehead atoms. The average molecular weight is 480 g/mol. The van der Waals surface area contributed by atoms with Gasteiger partial charge in [-0.25, -0.2) is 0 Å². The van der Waals surface area contributed by atoms with E-state index in [9.17, 15) is 9.59 Å². The summed E-state index contributed by atoms with van der Waals surface area (Å²) in [6, 6.07) is 13.4. The van der Waals surface area contributed by atoms with Gasteiger partial charge in [-0.15, -0.1) is 0 Å². The lowest BCUT2D eigenvalue weighted by molar-refractivity contribution is -0.121. The van der Waals surface area contributed by atoms with Crippen molar-refractivity contribution >= 4 is 17.5 Å². The summed E-state index contributed by atoms with van der Waals surface area (Å²) in [6.07, 6.45) is 3.88. The highest BCUT2D eigenvalue weighted by atomic mass is 16.5. The third-order valence-corrected chi connectivity index (χ3v) is 7.12. The number of nitrogens with one attached hydrogen (secondary N) is 1. The van der Waals surface area contributed by atoms with Crippen molar-refractivity contribution < 1.29 is 19.1 Å². The van der Waals surface area contributed by atoms with Gasteiger partial charge >= 0.3 is 0 Å². The summed E-state index contributed by atoms with van der Waals surface area (Å²) < 4.78 is 10.6. The van der Waals surface area contributed by atoms with Crippen LogP contribution in [0.25, 0.3) is 0 Å². The van der Waals surface area contributed by atoms with Gasteiger partial charge < -0.3 is 19.7 Å². The van der Waals surface area contributed by atoms with Gasteiger partial charge in [0.05, 0.1) is 14.2 Å². The Kier molecular flexibility index (Phi) is 8.29. The van der Waals surface area contributed by atoms with Gasteiger partial charge in [-0.3, -0.25) is 14.5 Å². The van der Waals surface area contributed by atoms with E-state index in [1.807, 2.05) is 12.1 Å². The molecule has 2 aromatic carbocycles. The Morgan fingerprint density at radius 2 is 1.60 bits per heavy atom. The lowest BCUT2D eigenvalue weighted by Gasteiger charge is -2.31. The predicted octanol–water partition coefficient (Wildman–Crippen LogP) is 4.43. The topological polar surface area (TPSA) is 71.1 Å². The number of benzene rings is 2. The maximum atomic E-state index is 13.0. The number of hydrogen-bond acceptors (Lipinski definition) is 5. The van der Waals surface area contributed by atoms with Gasteiger partial charge in [-0.2, -0.15) is 0 Å². The van der Waals surface area contributed by atoms with Crippen LogP contribution in [0.4, 0.5) is 5.69 Å². The molecule has 7 nitrogen and oxygen atoms in total.